The summed E-state index contributed by atoms with van der Waals surface area (Å²) in [4.78, 5) is 34.6. The summed E-state index contributed by atoms with van der Waals surface area (Å²) in [5, 5.41) is 10.6. The number of ether oxygens (including phenoxy) is 2. The van der Waals surface area contributed by atoms with E-state index in [1.165, 1.54) is 0 Å². The number of aliphatic carboxylic acids is 1. The number of carboxylic acid groups (broad SMARTS) is 1. The normalized spacial score (nSPS) is 36.4. The molecule has 2 saturated carbocycles. The van der Waals surface area contributed by atoms with Crippen LogP contribution in [0.2, 0.25) is 0 Å². The van der Waals surface area contributed by atoms with E-state index >= 15 is 0 Å². The van der Waals surface area contributed by atoms with Crippen molar-refractivity contribution in [3.8, 4) is 0 Å². The van der Waals surface area contributed by atoms with Crippen molar-refractivity contribution in [2.45, 2.75) is 44.3 Å². The molecule has 1 heterocycles. The number of carbonyl (C=O) groups is 3. The minimum absolute atomic E-state index is 0.0696. The summed E-state index contributed by atoms with van der Waals surface area (Å²) < 4.78 is 37.1. The molecule has 0 amide bonds. The standard InChI is InChI=1S/C14H16F2O6/c1-13(2,14(15,16)12(19)20)22-11(18)8-5-3-6-7(4-5)21-10(17)9(6)8/h5-9H,3-4H2,1-2H3,(H,19,20)/p-1. The predicted molar refractivity (Wildman–Crippen MR) is 63.2 cm³/mol. The fraction of sp³-hybridized carbons (Fsp3) is 0.786. The maximum Gasteiger partial charge on any atom is 0.325 e. The zero-order valence-electron chi connectivity index (χ0n) is 12.0. The summed E-state index contributed by atoms with van der Waals surface area (Å²) in [6.07, 6.45) is 0.950. The third kappa shape index (κ3) is 1.85. The van der Waals surface area contributed by atoms with Crippen molar-refractivity contribution in [1.29, 1.82) is 0 Å². The lowest BCUT2D eigenvalue weighted by atomic mass is 9.80. The molecular weight excluding hydrogens is 302 g/mol. The number of carbonyl (C=O) groups excluding carboxylic acids is 3. The number of rotatable bonds is 4. The molecule has 2 aliphatic carbocycles. The Morgan fingerprint density at radius 3 is 2.55 bits per heavy atom. The van der Waals surface area contributed by atoms with Gasteiger partial charge in [-0.3, -0.25) is 9.59 Å². The molecule has 0 radical (unpaired) electrons. The van der Waals surface area contributed by atoms with Crippen molar-refractivity contribution in [3.05, 3.63) is 0 Å². The van der Waals surface area contributed by atoms with E-state index in [1.54, 1.807) is 0 Å². The van der Waals surface area contributed by atoms with E-state index in [9.17, 15) is 28.3 Å². The number of hydrogen-bond donors (Lipinski definition) is 0. The van der Waals surface area contributed by atoms with E-state index in [4.69, 9.17) is 9.47 Å². The number of carboxylic acids is 1. The van der Waals surface area contributed by atoms with Gasteiger partial charge in [-0.1, -0.05) is 0 Å². The van der Waals surface area contributed by atoms with Crippen LogP contribution in [0.25, 0.3) is 0 Å². The lowest BCUT2D eigenvalue weighted by molar-refractivity contribution is -0.342. The highest BCUT2D eigenvalue weighted by Gasteiger charge is 2.65. The minimum atomic E-state index is -4.33. The fourth-order valence-electron chi connectivity index (χ4n) is 3.95. The van der Waals surface area contributed by atoms with Gasteiger partial charge in [-0.05, 0) is 32.6 Å². The molecule has 3 rings (SSSR count). The average Bonchev–Trinajstić information content (AvgIpc) is 2.98. The molecule has 8 heteroatoms. The van der Waals surface area contributed by atoms with Crippen LogP contribution >= 0.6 is 0 Å². The Hall–Kier alpha value is -1.73. The Balaban J connectivity index is 1.78. The third-order valence-electron chi connectivity index (χ3n) is 5.12. The summed E-state index contributed by atoms with van der Waals surface area (Å²) >= 11 is 0. The van der Waals surface area contributed by atoms with Crippen LogP contribution in [-0.2, 0) is 23.9 Å². The highest BCUT2D eigenvalue weighted by molar-refractivity contribution is 5.86. The van der Waals surface area contributed by atoms with E-state index in [0.29, 0.717) is 12.8 Å². The first kappa shape index (κ1) is 15.2. The summed E-state index contributed by atoms with van der Waals surface area (Å²) in [6.45, 7) is 1.62. The first-order valence-electron chi connectivity index (χ1n) is 7.09. The lowest BCUT2D eigenvalue weighted by Gasteiger charge is -2.35. The first-order chi connectivity index (χ1) is 10.1. The largest absolute Gasteiger partial charge is 0.544 e. The van der Waals surface area contributed by atoms with Gasteiger partial charge in [0.05, 0.1) is 11.8 Å². The number of esters is 2. The average molecular weight is 317 g/mol. The van der Waals surface area contributed by atoms with Crippen LogP contribution < -0.4 is 5.11 Å². The molecule has 3 fully saturated rings. The number of halogens is 2. The second-order valence-electron chi connectivity index (χ2n) is 6.72. The molecule has 0 N–H and O–H groups in total. The molecule has 3 aliphatic rings. The summed E-state index contributed by atoms with van der Waals surface area (Å²) in [6, 6.07) is 0. The van der Waals surface area contributed by atoms with Crippen LogP contribution in [0, 0.1) is 23.7 Å². The van der Waals surface area contributed by atoms with E-state index < -0.39 is 41.3 Å². The summed E-state index contributed by atoms with van der Waals surface area (Å²) in [5.74, 6) is -10.1. The van der Waals surface area contributed by atoms with Gasteiger partial charge >= 0.3 is 17.9 Å². The van der Waals surface area contributed by atoms with Crippen LogP contribution in [0.3, 0.4) is 0 Å². The smallest absolute Gasteiger partial charge is 0.325 e. The Kier molecular flexibility index (Phi) is 3.03. The van der Waals surface area contributed by atoms with E-state index in [2.05, 4.69) is 0 Å². The lowest BCUT2D eigenvalue weighted by Crippen LogP contribution is -2.57. The van der Waals surface area contributed by atoms with E-state index in [1.807, 2.05) is 0 Å². The van der Waals surface area contributed by atoms with Gasteiger partial charge in [-0.25, -0.2) is 0 Å². The van der Waals surface area contributed by atoms with Gasteiger partial charge in [0.2, 0.25) is 0 Å². The number of fused-ring (bicyclic) bond motifs is 1. The van der Waals surface area contributed by atoms with Crippen LogP contribution in [0.5, 0.6) is 0 Å². The first-order valence-corrected chi connectivity index (χ1v) is 7.09. The number of alkyl halides is 2. The number of hydrogen-bond acceptors (Lipinski definition) is 6. The van der Waals surface area contributed by atoms with Gasteiger partial charge in [-0.15, -0.1) is 0 Å². The van der Waals surface area contributed by atoms with Crippen LogP contribution in [0.15, 0.2) is 0 Å². The van der Waals surface area contributed by atoms with Gasteiger partial charge in [-0.2, -0.15) is 8.78 Å². The molecular formula is C14H15F2O6-. The van der Waals surface area contributed by atoms with Crippen molar-refractivity contribution >= 4 is 17.9 Å². The van der Waals surface area contributed by atoms with Gasteiger partial charge in [0, 0.05) is 5.92 Å². The fourth-order valence-corrected chi connectivity index (χ4v) is 3.95. The van der Waals surface area contributed by atoms with Crippen molar-refractivity contribution in [2.24, 2.45) is 23.7 Å². The monoisotopic (exact) mass is 317 g/mol. The Bertz CT molecular complexity index is 556. The molecule has 0 aromatic carbocycles. The molecule has 1 saturated heterocycles. The van der Waals surface area contributed by atoms with Gasteiger partial charge in [0.15, 0.2) is 5.60 Å². The molecule has 122 valence electrons. The van der Waals surface area contributed by atoms with Crippen molar-refractivity contribution in [1.82, 2.24) is 0 Å². The summed E-state index contributed by atoms with van der Waals surface area (Å²) in [7, 11) is 0. The zero-order valence-corrected chi connectivity index (χ0v) is 12.0. The Labute approximate surface area is 124 Å². The molecule has 5 atom stereocenters. The third-order valence-corrected chi connectivity index (χ3v) is 5.12. The predicted octanol–water partition coefficient (Wildman–Crippen LogP) is -0.109. The maximum absolute atomic E-state index is 13.6. The molecule has 22 heavy (non-hydrogen) atoms. The molecule has 0 aromatic heterocycles. The second-order valence-corrected chi connectivity index (χ2v) is 6.72. The summed E-state index contributed by atoms with van der Waals surface area (Å²) in [5.41, 5.74) is -2.56. The topological polar surface area (TPSA) is 92.7 Å². The zero-order chi connectivity index (χ0) is 16.4. The molecule has 0 aromatic rings. The van der Waals surface area contributed by atoms with Gasteiger partial charge in [0.1, 0.15) is 12.1 Å². The van der Waals surface area contributed by atoms with Crippen molar-refractivity contribution in [3.63, 3.8) is 0 Å². The Morgan fingerprint density at radius 2 is 1.95 bits per heavy atom. The van der Waals surface area contributed by atoms with Crippen LogP contribution in [-0.4, -0.2) is 35.5 Å². The van der Waals surface area contributed by atoms with Crippen LogP contribution in [0.1, 0.15) is 26.7 Å². The molecule has 5 unspecified atom stereocenters. The second kappa shape index (κ2) is 4.39. The van der Waals surface area contributed by atoms with Crippen molar-refractivity contribution in [2.75, 3.05) is 0 Å². The molecule has 2 bridgehead atoms. The minimum Gasteiger partial charge on any atom is -0.544 e. The van der Waals surface area contributed by atoms with E-state index in [0.717, 1.165) is 13.8 Å². The molecule has 0 spiro atoms. The van der Waals surface area contributed by atoms with E-state index in [-0.39, 0.29) is 17.9 Å². The van der Waals surface area contributed by atoms with Gasteiger partial charge < -0.3 is 19.4 Å². The quantitative estimate of drug-likeness (QED) is 0.672. The molecule has 6 nitrogen and oxygen atoms in total. The highest BCUT2D eigenvalue weighted by atomic mass is 19.3. The Morgan fingerprint density at radius 1 is 1.32 bits per heavy atom. The van der Waals surface area contributed by atoms with Crippen LogP contribution in [0.4, 0.5) is 8.78 Å². The van der Waals surface area contributed by atoms with Crippen molar-refractivity contribution < 1.29 is 37.7 Å². The van der Waals surface area contributed by atoms with Gasteiger partial charge in [0.25, 0.3) is 0 Å². The SMILES string of the molecule is CC(C)(OC(=O)C1C2CC3OC(=O)C1C3C2)C(F)(F)C(=O)[O-]. The highest BCUT2D eigenvalue weighted by Crippen LogP contribution is 2.58. The molecule has 1 aliphatic heterocycles. The maximum atomic E-state index is 13.6.